The fourth-order valence-electron chi connectivity index (χ4n) is 5.26. The maximum atomic E-state index is 12.4. The van der Waals surface area contributed by atoms with Crippen LogP contribution >= 0.6 is 0 Å². The number of hydrogen-bond donors (Lipinski definition) is 2. The second-order valence-corrected chi connectivity index (χ2v) is 11.2. The van der Waals surface area contributed by atoms with Crippen molar-refractivity contribution in [3.05, 3.63) is 48.0 Å². The van der Waals surface area contributed by atoms with Crippen LogP contribution in [0.4, 0.5) is 10.5 Å². The molecule has 0 spiro atoms. The first-order valence-electron chi connectivity index (χ1n) is 11.5. The Labute approximate surface area is 206 Å². The molecule has 9 nitrogen and oxygen atoms in total. The maximum Gasteiger partial charge on any atom is 0.339 e. The predicted octanol–water partition coefficient (Wildman–Crippen LogP) is 3.41. The molecule has 2 aliphatic rings. The molecule has 1 saturated carbocycles. The van der Waals surface area contributed by atoms with E-state index in [0.717, 1.165) is 55.7 Å². The number of hydrazone groups is 1. The van der Waals surface area contributed by atoms with E-state index >= 15 is 0 Å². The number of amides is 2. The number of sulfone groups is 1. The Morgan fingerprint density at radius 1 is 1.09 bits per heavy atom. The lowest BCUT2D eigenvalue weighted by molar-refractivity contribution is 0.225. The van der Waals surface area contributed by atoms with Crippen molar-refractivity contribution in [1.82, 2.24) is 10.3 Å². The molecule has 1 aliphatic carbocycles. The average Bonchev–Trinajstić information content (AvgIpc) is 3.19. The SMILES string of the molecule is COc1ccc(C23CC/C(=N\NC(=O)Nc4ccc(S(C)(=O)=O)cc4)CC2N(C)CC3)cc1OC. The summed E-state index contributed by atoms with van der Waals surface area (Å²) in [7, 11) is 2.14. The Morgan fingerprint density at radius 2 is 1.80 bits per heavy atom. The van der Waals surface area contributed by atoms with Crippen LogP contribution in [-0.2, 0) is 15.3 Å². The van der Waals surface area contributed by atoms with Gasteiger partial charge in [-0.3, -0.25) is 0 Å². The van der Waals surface area contributed by atoms with E-state index < -0.39 is 15.9 Å². The molecule has 0 radical (unpaired) electrons. The van der Waals surface area contributed by atoms with Crippen molar-refractivity contribution in [3.63, 3.8) is 0 Å². The minimum atomic E-state index is -3.28. The van der Waals surface area contributed by atoms with Gasteiger partial charge in [-0.25, -0.2) is 18.6 Å². The highest BCUT2D eigenvalue weighted by atomic mass is 32.2. The molecule has 1 heterocycles. The standard InChI is InChI=1S/C25H32N4O5S/c1-29-14-13-25(17-5-10-21(33-2)22(15-17)34-3)12-11-19(16-23(25)29)27-28-24(30)26-18-6-8-20(9-7-18)35(4,31)32/h5-10,15,23H,11-14,16H2,1-4H3,(H2,26,28,30)/b27-19+. The molecule has 0 aromatic heterocycles. The van der Waals surface area contributed by atoms with E-state index in [-0.39, 0.29) is 16.4 Å². The van der Waals surface area contributed by atoms with Gasteiger partial charge in [-0.1, -0.05) is 6.07 Å². The molecule has 2 atom stereocenters. The van der Waals surface area contributed by atoms with E-state index in [2.05, 4.69) is 39.9 Å². The lowest BCUT2D eigenvalue weighted by Gasteiger charge is -2.42. The molecule has 1 saturated heterocycles. The van der Waals surface area contributed by atoms with Gasteiger partial charge in [0, 0.05) is 35.5 Å². The number of nitrogens with one attached hydrogen (secondary N) is 2. The minimum absolute atomic E-state index is 0.00304. The Bertz CT molecular complexity index is 1230. The Balaban J connectivity index is 1.44. The zero-order valence-corrected chi connectivity index (χ0v) is 21.3. The highest BCUT2D eigenvalue weighted by Crippen LogP contribution is 2.49. The van der Waals surface area contributed by atoms with Gasteiger partial charge < -0.3 is 19.7 Å². The number of methoxy groups -OCH3 is 2. The van der Waals surface area contributed by atoms with Gasteiger partial charge in [-0.05, 0) is 74.8 Å². The number of likely N-dealkylation sites (tertiary alicyclic amines) is 1. The van der Waals surface area contributed by atoms with Crippen LogP contribution in [0.25, 0.3) is 0 Å². The van der Waals surface area contributed by atoms with E-state index in [1.807, 2.05) is 6.07 Å². The second-order valence-electron chi connectivity index (χ2n) is 9.22. The van der Waals surface area contributed by atoms with Crippen LogP contribution in [0.3, 0.4) is 0 Å². The first-order chi connectivity index (χ1) is 16.7. The third kappa shape index (κ3) is 5.13. The van der Waals surface area contributed by atoms with Crippen molar-refractivity contribution in [3.8, 4) is 11.5 Å². The van der Waals surface area contributed by atoms with Crippen molar-refractivity contribution in [2.45, 2.75) is 42.0 Å². The number of ether oxygens (including phenoxy) is 2. The molecular formula is C25H32N4O5S. The molecule has 0 bridgehead atoms. The van der Waals surface area contributed by atoms with Crippen LogP contribution in [0.5, 0.6) is 11.5 Å². The number of hydrogen-bond acceptors (Lipinski definition) is 7. The summed E-state index contributed by atoms with van der Waals surface area (Å²) in [6, 6.07) is 12.0. The number of likely N-dealkylation sites (N-methyl/N-ethyl adjacent to an activating group) is 1. The highest BCUT2D eigenvalue weighted by Gasteiger charge is 2.49. The van der Waals surface area contributed by atoms with Crippen molar-refractivity contribution < 1.29 is 22.7 Å². The van der Waals surface area contributed by atoms with E-state index in [0.29, 0.717) is 5.69 Å². The third-order valence-electron chi connectivity index (χ3n) is 7.18. The van der Waals surface area contributed by atoms with Gasteiger partial charge in [0.05, 0.1) is 19.1 Å². The number of anilines is 1. The van der Waals surface area contributed by atoms with Gasteiger partial charge in [-0.2, -0.15) is 5.10 Å². The number of carbonyl (C=O) groups is 1. The summed E-state index contributed by atoms with van der Waals surface area (Å²) in [5.41, 5.74) is 5.26. The smallest absolute Gasteiger partial charge is 0.339 e. The zero-order valence-electron chi connectivity index (χ0n) is 20.5. The van der Waals surface area contributed by atoms with E-state index in [4.69, 9.17) is 9.47 Å². The molecule has 10 heteroatoms. The lowest BCUT2D eigenvalue weighted by atomic mass is 9.65. The largest absolute Gasteiger partial charge is 0.493 e. The van der Waals surface area contributed by atoms with E-state index in [1.165, 1.54) is 17.7 Å². The number of rotatable bonds is 6. The van der Waals surface area contributed by atoms with Crippen molar-refractivity contribution in [2.24, 2.45) is 5.10 Å². The number of carbonyl (C=O) groups excluding carboxylic acids is 1. The van der Waals surface area contributed by atoms with Crippen LogP contribution in [0.1, 0.15) is 31.2 Å². The van der Waals surface area contributed by atoms with E-state index in [9.17, 15) is 13.2 Å². The van der Waals surface area contributed by atoms with Gasteiger partial charge in [0.1, 0.15) is 0 Å². The number of benzene rings is 2. The Hall–Kier alpha value is -3.11. The maximum absolute atomic E-state index is 12.4. The molecule has 35 heavy (non-hydrogen) atoms. The summed E-state index contributed by atoms with van der Waals surface area (Å²) in [5, 5.41) is 7.09. The molecule has 2 aromatic rings. The van der Waals surface area contributed by atoms with Gasteiger partial charge >= 0.3 is 6.03 Å². The lowest BCUT2D eigenvalue weighted by Crippen LogP contribution is -2.46. The van der Waals surface area contributed by atoms with Crippen LogP contribution < -0.4 is 20.2 Å². The number of nitrogens with zero attached hydrogens (tertiary/aromatic N) is 2. The molecule has 188 valence electrons. The second kappa shape index (κ2) is 9.87. The molecule has 2 N–H and O–H groups in total. The number of urea groups is 1. The molecular weight excluding hydrogens is 468 g/mol. The Morgan fingerprint density at radius 3 is 2.46 bits per heavy atom. The van der Waals surface area contributed by atoms with Gasteiger partial charge in [0.2, 0.25) is 0 Å². The third-order valence-corrected chi connectivity index (χ3v) is 8.31. The summed E-state index contributed by atoms with van der Waals surface area (Å²) in [6.45, 7) is 0.990. The van der Waals surface area contributed by atoms with Crippen LogP contribution in [0, 0.1) is 0 Å². The average molecular weight is 501 g/mol. The summed E-state index contributed by atoms with van der Waals surface area (Å²) in [5.74, 6) is 1.45. The topological polar surface area (TPSA) is 109 Å². The summed E-state index contributed by atoms with van der Waals surface area (Å²) >= 11 is 0. The number of fused-ring (bicyclic) bond motifs is 1. The van der Waals surface area contributed by atoms with Crippen LogP contribution in [0.15, 0.2) is 52.5 Å². The highest BCUT2D eigenvalue weighted by molar-refractivity contribution is 7.90. The monoisotopic (exact) mass is 500 g/mol. The molecule has 2 fully saturated rings. The zero-order chi connectivity index (χ0) is 25.2. The van der Waals surface area contributed by atoms with Gasteiger partial charge in [0.15, 0.2) is 21.3 Å². The predicted molar refractivity (Wildman–Crippen MR) is 135 cm³/mol. The molecule has 2 unspecified atom stereocenters. The summed E-state index contributed by atoms with van der Waals surface area (Å²) in [4.78, 5) is 14.9. The minimum Gasteiger partial charge on any atom is -0.493 e. The van der Waals surface area contributed by atoms with Crippen molar-refractivity contribution in [1.29, 1.82) is 0 Å². The summed E-state index contributed by atoms with van der Waals surface area (Å²) in [6.07, 6.45) is 4.65. The Kier molecular flexibility index (Phi) is 7.05. The quantitative estimate of drug-likeness (QED) is 0.589. The molecule has 4 rings (SSSR count). The molecule has 2 aromatic carbocycles. The van der Waals surface area contributed by atoms with Gasteiger partial charge in [0.25, 0.3) is 0 Å². The van der Waals surface area contributed by atoms with Gasteiger partial charge in [-0.15, -0.1) is 0 Å². The van der Waals surface area contributed by atoms with Crippen molar-refractivity contribution in [2.75, 3.05) is 39.4 Å². The fourth-order valence-corrected chi connectivity index (χ4v) is 5.89. The normalized spacial score (nSPS) is 23.5. The first-order valence-corrected chi connectivity index (χ1v) is 13.4. The van der Waals surface area contributed by atoms with Crippen LogP contribution in [0.2, 0.25) is 0 Å². The fraction of sp³-hybridized carbons (Fsp3) is 0.440. The molecule has 1 aliphatic heterocycles. The summed E-state index contributed by atoms with van der Waals surface area (Å²) < 4.78 is 34.1. The van der Waals surface area contributed by atoms with E-state index in [1.54, 1.807) is 26.4 Å². The molecule has 2 amide bonds. The van der Waals surface area contributed by atoms with Crippen molar-refractivity contribution >= 4 is 27.3 Å². The van der Waals surface area contributed by atoms with Crippen LogP contribution in [-0.4, -0.2) is 65.2 Å². The first kappa shape index (κ1) is 25.0.